The molecule has 0 aromatic carbocycles. The van der Waals surface area contributed by atoms with Gasteiger partial charge in [0, 0.05) is 0 Å². The molecule has 1 nitrogen and oxygen atoms in total. The van der Waals surface area contributed by atoms with Crippen LogP contribution >= 0.6 is 0 Å². The van der Waals surface area contributed by atoms with Crippen molar-refractivity contribution in [1.29, 1.82) is 0 Å². The van der Waals surface area contributed by atoms with Crippen molar-refractivity contribution < 1.29 is 15.9 Å². The van der Waals surface area contributed by atoms with Crippen LogP contribution in [0.25, 0.3) is 0 Å². The van der Waals surface area contributed by atoms with Gasteiger partial charge in [-0.2, -0.15) is 0 Å². The average Bonchev–Trinajstić information content (AvgIpc) is 2.43. The summed E-state index contributed by atoms with van der Waals surface area (Å²) in [6.45, 7) is 0. The standard InChI is InChI=1S/C6H11N.Cr/c1-7(2)5-6-3-4-6;/h6H,3-4H2,1-2H3;. The van der Waals surface area contributed by atoms with E-state index in [0.29, 0.717) is 0 Å². The van der Waals surface area contributed by atoms with Crippen LogP contribution in [0.4, 0.5) is 0 Å². The Kier molecular flexibility index (Phi) is 1.87. The van der Waals surface area contributed by atoms with E-state index in [-0.39, 0.29) is 0 Å². The van der Waals surface area contributed by atoms with Gasteiger partial charge in [-0.15, -0.1) is 0 Å². The molecular formula is C6H11CrN. The topological polar surface area (TPSA) is 3.24 Å². The molecule has 0 unspecified atom stereocenters. The summed E-state index contributed by atoms with van der Waals surface area (Å²) in [5.41, 5.74) is 0. The van der Waals surface area contributed by atoms with Crippen LogP contribution in [0.5, 0.6) is 0 Å². The molecule has 0 radical (unpaired) electrons. The molecular weight excluding hydrogens is 138 g/mol. The molecule has 0 spiro atoms. The van der Waals surface area contributed by atoms with Crippen LogP contribution in [0.2, 0.25) is 0 Å². The second kappa shape index (κ2) is 2.31. The third-order valence-electron chi connectivity index (χ3n) is 1.37. The first kappa shape index (κ1) is 6.48. The van der Waals surface area contributed by atoms with Crippen molar-refractivity contribution in [2.24, 2.45) is 5.92 Å². The Labute approximate surface area is 58.6 Å². The molecule has 2 heteroatoms. The van der Waals surface area contributed by atoms with Gasteiger partial charge < -0.3 is 0 Å². The molecule has 1 aliphatic carbocycles. The molecule has 1 aliphatic rings. The molecule has 0 aromatic heterocycles. The van der Waals surface area contributed by atoms with Gasteiger partial charge in [0.05, 0.1) is 0 Å². The van der Waals surface area contributed by atoms with Gasteiger partial charge in [-0.25, -0.2) is 0 Å². The molecule has 0 aliphatic heterocycles. The molecule has 0 N–H and O–H groups in total. The van der Waals surface area contributed by atoms with E-state index in [1.165, 1.54) is 17.3 Å². The van der Waals surface area contributed by atoms with Gasteiger partial charge in [0.1, 0.15) is 0 Å². The van der Waals surface area contributed by atoms with E-state index >= 15 is 0 Å². The van der Waals surface area contributed by atoms with E-state index in [2.05, 4.69) is 34.8 Å². The fourth-order valence-corrected chi connectivity index (χ4v) is 1.06. The fraction of sp³-hybridized carbons (Fsp3) is 0.833. The number of hydrogen-bond acceptors (Lipinski definition) is 1. The molecule has 0 heterocycles. The van der Waals surface area contributed by atoms with E-state index in [4.69, 9.17) is 0 Å². The van der Waals surface area contributed by atoms with Gasteiger partial charge in [0.15, 0.2) is 0 Å². The summed E-state index contributed by atoms with van der Waals surface area (Å²) in [6.07, 6.45) is 2.78. The zero-order chi connectivity index (χ0) is 6.15. The quantitative estimate of drug-likeness (QED) is 0.556. The molecule has 0 aromatic rings. The second-order valence-corrected chi connectivity index (χ2v) is 3.16. The maximum atomic E-state index is 3.08. The maximum absolute atomic E-state index is 3.08. The summed E-state index contributed by atoms with van der Waals surface area (Å²) in [5, 5.41) is 0. The number of nitrogens with zero attached hydrogens (tertiary/aromatic N) is 1. The molecule has 0 amide bonds. The van der Waals surface area contributed by atoms with Crippen molar-refractivity contribution in [3.8, 4) is 0 Å². The Morgan fingerprint density at radius 2 is 2.00 bits per heavy atom. The Bertz CT molecular complexity index is 101. The summed E-state index contributed by atoms with van der Waals surface area (Å²) in [6, 6.07) is 0. The van der Waals surface area contributed by atoms with Gasteiger partial charge in [0.25, 0.3) is 0 Å². The van der Waals surface area contributed by atoms with Crippen molar-refractivity contribution in [1.82, 2.24) is 4.90 Å². The van der Waals surface area contributed by atoms with Crippen molar-refractivity contribution in [2.45, 2.75) is 12.8 Å². The molecule has 8 heavy (non-hydrogen) atoms. The number of rotatable bonds is 2. The van der Waals surface area contributed by atoms with Gasteiger partial charge in [0.2, 0.25) is 0 Å². The van der Waals surface area contributed by atoms with Crippen LogP contribution in [0.3, 0.4) is 0 Å². The Morgan fingerprint density at radius 3 is 2.12 bits per heavy atom. The van der Waals surface area contributed by atoms with E-state index in [1.54, 1.807) is 0 Å². The number of hydrogen-bond donors (Lipinski definition) is 0. The van der Waals surface area contributed by atoms with E-state index in [9.17, 15) is 0 Å². The Morgan fingerprint density at radius 1 is 1.50 bits per heavy atom. The van der Waals surface area contributed by atoms with Crippen molar-refractivity contribution >= 4 is 4.50 Å². The Balaban J connectivity index is 2.33. The van der Waals surface area contributed by atoms with Gasteiger partial charge in [-0.05, 0) is 0 Å². The van der Waals surface area contributed by atoms with E-state index in [1.807, 2.05) is 0 Å². The SMILES string of the molecule is CN(C)[C](=[Cr])C1CC1. The van der Waals surface area contributed by atoms with Crippen molar-refractivity contribution in [3.63, 3.8) is 0 Å². The summed E-state index contributed by atoms with van der Waals surface area (Å²) in [5.74, 6) is 0.880. The van der Waals surface area contributed by atoms with E-state index in [0.717, 1.165) is 5.92 Å². The predicted octanol–water partition coefficient (Wildman–Crippen LogP) is 0.635. The van der Waals surface area contributed by atoms with Crippen LogP contribution in [-0.4, -0.2) is 23.5 Å². The zero-order valence-corrected chi connectivity index (χ0v) is 6.62. The summed E-state index contributed by atoms with van der Waals surface area (Å²) in [4.78, 5) is 2.16. The first-order valence-corrected chi connectivity index (χ1v) is 3.56. The monoisotopic (exact) mass is 149 g/mol. The van der Waals surface area contributed by atoms with E-state index < -0.39 is 0 Å². The molecule has 1 rings (SSSR count). The summed E-state index contributed by atoms with van der Waals surface area (Å²) >= 11 is 3.08. The predicted molar refractivity (Wildman–Crippen MR) is 31.4 cm³/mol. The van der Waals surface area contributed by atoms with Crippen molar-refractivity contribution in [2.75, 3.05) is 14.1 Å². The normalized spacial score (nSPS) is 19.4. The summed E-state index contributed by atoms with van der Waals surface area (Å²) in [7, 11) is 4.17. The van der Waals surface area contributed by atoms with Crippen LogP contribution < -0.4 is 0 Å². The first-order chi connectivity index (χ1) is 3.72. The third kappa shape index (κ3) is 1.42. The molecule has 0 saturated heterocycles. The summed E-state index contributed by atoms with van der Waals surface area (Å²) < 4.78 is 1.42. The minimum atomic E-state index is 0.880. The molecule has 46 valence electrons. The molecule has 1 fully saturated rings. The zero-order valence-electron chi connectivity index (χ0n) is 5.35. The third-order valence-corrected chi connectivity index (χ3v) is 2.46. The first-order valence-electron chi connectivity index (χ1n) is 2.93. The van der Waals surface area contributed by atoms with Crippen LogP contribution in [0.1, 0.15) is 12.8 Å². The van der Waals surface area contributed by atoms with Crippen LogP contribution in [0, 0.1) is 5.92 Å². The average molecular weight is 149 g/mol. The van der Waals surface area contributed by atoms with Gasteiger partial charge >= 0.3 is 58.1 Å². The van der Waals surface area contributed by atoms with Crippen LogP contribution in [0.15, 0.2) is 0 Å². The van der Waals surface area contributed by atoms with Crippen LogP contribution in [-0.2, 0) is 15.9 Å². The second-order valence-electron chi connectivity index (χ2n) is 2.51. The Hall–Kier alpha value is 0.362. The molecule has 1 saturated carbocycles. The molecule has 0 bridgehead atoms. The minimum absolute atomic E-state index is 0.880. The van der Waals surface area contributed by atoms with Gasteiger partial charge in [-0.1, -0.05) is 0 Å². The molecule has 0 atom stereocenters. The fourth-order valence-electron chi connectivity index (χ4n) is 0.695. The van der Waals surface area contributed by atoms with Gasteiger partial charge in [-0.3, -0.25) is 0 Å². The van der Waals surface area contributed by atoms with Crippen molar-refractivity contribution in [3.05, 3.63) is 0 Å².